The van der Waals surface area contributed by atoms with Crippen LogP contribution in [-0.2, 0) is 0 Å². The van der Waals surface area contributed by atoms with E-state index in [9.17, 15) is 0 Å². The van der Waals surface area contributed by atoms with Crippen LogP contribution in [0.2, 0.25) is 0 Å². The molecule has 15 heavy (non-hydrogen) atoms. The molecule has 1 aliphatic rings. The van der Waals surface area contributed by atoms with Crippen LogP contribution in [0.3, 0.4) is 0 Å². The van der Waals surface area contributed by atoms with Gasteiger partial charge in [-0.15, -0.1) is 0 Å². The highest BCUT2D eigenvalue weighted by atomic mass is 15.2. The van der Waals surface area contributed by atoms with E-state index >= 15 is 0 Å². The summed E-state index contributed by atoms with van der Waals surface area (Å²) >= 11 is 0. The molecule has 1 aromatic carbocycles. The molecule has 2 nitrogen and oxygen atoms in total. The zero-order valence-corrected chi connectivity index (χ0v) is 9.61. The molecule has 2 rings (SSSR count). The molecule has 0 aliphatic carbocycles. The van der Waals surface area contributed by atoms with E-state index in [2.05, 4.69) is 43.1 Å². The average molecular weight is 204 g/mol. The minimum Gasteiger partial charge on any atom is -0.329 e. The summed E-state index contributed by atoms with van der Waals surface area (Å²) in [5, 5.41) is 0. The van der Waals surface area contributed by atoms with Gasteiger partial charge in [-0.1, -0.05) is 29.8 Å². The van der Waals surface area contributed by atoms with Gasteiger partial charge in [0.15, 0.2) is 0 Å². The van der Waals surface area contributed by atoms with Crippen molar-refractivity contribution in [3.63, 3.8) is 0 Å². The first-order valence-corrected chi connectivity index (χ1v) is 5.67. The Hall–Kier alpha value is -0.860. The van der Waals surface area contributed by atoms with Gasteiger partial charge in [-0.25, -0.2) is 0 Å². The lowest BCUT2D eigenvalue weighted by atomic mass is 9.95. The summed E-state index contributed by atoms with van der Waals surface area (Å²) in [5.74, 6) is 0.671. The fourth-order valence-electron chi connectivity index (χ4n) is 2.44. The van der Waals surface area contributed by atoms with Crippen molar-refractivity contribution in [2.75, 3.05) is 20.1 Å². The smallest absolute Gasteiger partial charge is 0.0221 e. The molecule has 1 aromatic rings. The summed E-state index contributed by atoms with van der Waals surface area (Å²) in [6, 6.07) is 9.48. The van der Waals surface area contributed by atoms with Gasteiger partial charge >= 0.3 is 0 Å². The third-order valence-corrected chi connectivity index (χ3v) is 3.51. The first-order valence-electron chi connectivity index (χ1n) is 5.67. The maximum atomic E-state index is 5.75. The Morgan fingerprint density at radius 3 is 2.53 bits per heavy atom. The zero-order valence-electron chi connectivity index (χ0n) is 9.61. The molecule has 0 aromatic heterocycles. The molecule has 1 fully saturated rings. The van der Waals surface area contributed by atoms with E-state index < -0.39 is 0 Å². The summed E-state index contributed by atoms with van der Waals surface area (Å²) in [7, 11) is 2.17. The number of nitrogens with two attached hydrogens (primary N) is 1. The molecule has 2 N–H and O–H groups in total. The molecular formula is C13H20N2. The number of aryl methyl sites for hydroxylation is 1. The van der Waals surface area contributed by atoms with E-state index in [0.717, 1.165) is 13.1 Å². The molecule has 0 bridgehead atoms. The Morgan fingerprint density at radius 1 is 1.33 bits per heavy atom. The number of likely N-dealkylation sites (N-methyl/N-ethyl adjacent to an activating group) is 1. The highest BCUT2D eigenvalue weighted by Crippen LogP contribution is 2.30. The summed E-state index contributed by atoms with van der Waals surface area (Å²) < 4.78 is 0. The SMILES string of the molecule is Cc1ccc(C2CC(CN)N(C)C2)cc1. The molecule has 2 unspecified atom stereocenters. The Morgan fingerprint density at radius 2 is 2.00 bits per heavy atom. The lowest BCUT2D eigenvalue weighted by Crippen LogP contribution is -2.31. The van der Waals surface area contributed by atoms with Crippen LogP contribution in [0.15, 0.2) is 24.3 Å². The molecule has 0 amide bonds. The van der Waals surface area contributed by atoms with E-state index in [1.54, 1.807) is 0 Å². The van der Waals surface area contributed by atoms with Crippen LogP contribution in [0.4, 0.5) is 0 Å². The predicted octanol–water partition coefficient (Wildman–Crippen LogP) is 1.74. The number of benzene rings is 1. The lowest BCUT2D eigenvalue weighted by Gasteiger charge is -2.15. The summed E-state index contributed by atoms with van der Waals surface area (Å²) in [6.07, 6.45) is 1.20. The van der Waals surface area contributed by atoms with Crippen molar-refractivity contribution >= 4 is 0 Å². The topological polar surface area (TPSA) is 29.3 Å². The van der Waals surface area contributed by atoms with Crippen LogP contribution in [-0.4, -0.2) is 31.1 Å². The van der Waals surface area contributed by atoms with Gasteiger partial charge < -0.3 is 10.6 Å². The van der Waals surface area contributed by atoms with Gasteiger partial charge in [0.1, 0.15) is 0 Å². The largest absolute Gasteiger partial charge is 0.329 e. The van der Waals surface area contributed by atoms with E-state index in [0.29, 0.717) is 12.0 Å². The molecule has 0 radical (unpaired) electrons. The monoisotopic (exact) mass is 204 g/mol. The number of likely N-dealkylation sites (tertiary alicyclic amines) is 1. The highest BCUT2D eigenvalue weighted by molar-refractivity contribution is 5.26. The molecule has 82 valence electrons. The van der Waals surface area contributed by atoms with Crippen molar-refractivity contribution in [2.45, 2.75) is 25.3 Å². The van der Waals surface area contributed by atoms with E-state index in [1.165, 1.54) is 17.5 Å². The van der Waals surface area contributed by atoms with Gasteiger partial charge in [0.25, 0.3) is 0 Å². The van der Waals surface area contributed by atoms with Gasteiger partial charge in [-0.2, -0.15) is 0 Å². The highest BCUT2D eigenvalue weighted by Gasteiger charge is 2.28. The summed E-state index contributed by atoms with van der Waals surface area (Å²) in [4.78, 5) is 2.38. The van der Waals surface area contributed by atoms with E-state index in [1.807, 2.05) is 0 Å². The maximum Gasteiger partial charge on any atom is 0.0221 e. The first-order chi connectivity index (χ1) is 7.20. The van der Waals surface area contributed by atoms with Crippen LogP contribution < -0.4 is 5.73 Å². The first kappa shape index (κ1) is 10.7. The molecule has 2 atom stereocenters. The van der Waals surface area contributed by atoms with Crippen molar-refractivity contribution < 1.29 is 0 Å². The quantitative estimate of drug-likeness (QED) is 0.795. The van der Waals surface area contributed by atoms with E-state index in [4.69, 9.17) is 5.73 Å². The molecule has 2 heteroatoms. The average Bonchev–Trinajstić information content (AvgIpc) is 2.61. The number of hydrogen-bond acceptors (Lipinski definition) is 2. The molecule has 0 spiro atoms. The van der Waals surface area contributed by atoms with Crippen LogP contribution in [0.25, 0.3) is 0 Å². The van der Waals surface area contributed by atoms with Gasteiger partial charge in [-0.05, 0) is 31.9 Å². The van der Waals surface area contributed by atoms with Crippen molar-refractivity contribution in [1.29, 1.82) is 0 Å². The number of nitrogens with zero attached hydrogens (tertiary/aromatic N) is 1. The summed E-state index contributed by atoms with van der Waals surface area (Å²) in [6.45, 7) is 4.05. The second kappa shape index (κ2) is 4.33. The van der Waals surface area contributed by atoms with E-state index in [-0.39, 0.29) is 0 Å². The predicted molar refractivity (Wildman–Crippen MR) is 64.0 cm³/mol. The van der Waals surface area contributed by atoms with Gasteiger partial charge in [-0.3, -0.25) is 0 Å². The zero-order chi connectivity index (χ0) is 10.8. The minimum absolute atomic E-state index is 0.566. The second-order valence-corrected chi connectivity index (χ2v) is 4.67. The lowest BCUT2D eigenvalue weighted by molar-refractivity contribution is 0.316. The minimum atomic E-state index is 0.566. The maximum absolute atomic E-state index is 5.75. The van der Waals surface area contributed by atoms with Gasteiger partial charge in [0, 0.05) is 19.1 Å². The Bertz CT molecular complexity index is 318. The van der Waals surface area contributed by atoms with Gasteiger partial charge in [0.05, 0.1) is 0 Å². The summed E-state index contributed by atoms with van der Waals surface area (Å²) in [5.41, 5.74) is 8.54. The van der Waals surface area contributed by atoms with Crippen molar-refractivity contribution in [2.24, 2.45) is 5.73 Å². The van der Waals surface area contributed by atoms with Crippen LogP contribution in [0.5, 0.6) is 0 Å². The van der Waals surface area contributed by atoms with Crippen LogP contribution in [0.1, 0.15) is 23.5 Å². The third-order valence-electron chi connectivity index (χ3n) is 3.51. The Labute approximate surface area is 92.1 Å². The van der Waals surface area contributed by atoms with Crippen LogP contribution >= 0.6 is 0 Å². The normalized spacial score (nSPS) is 27.1. The molecule has 1 heterocycles. The van der Waals surface area contributed by atoms with Crippen molar-refractivity contribution in [3.05, 3.63) is 35.4 Å². The number of rotatable bonds is 2. The van der Waals surface area contributed by atoms with Crippen molar-refractivity contribution in [1.82, 2.24) is 4.90 Å². The standard InChI is InChI=1S/C13H20N2/c1-10-3-5-11(6-4-10)12-7-13(8-14)15(2)9-12/h3-6,12-13H,7-9,14H2,1-2H3. The second-order valence-electron chi connectivity index (χ2n) is 4.67. The molecule has 0 saturated carbocycles. The molecule has 1 aliphatic heterocycles. The fourth-order valence-corrected chi connectivity index (χ4v) is 2.44. The molecule has 1 saturated heterocycles. The fraction of sp³-hybridized carbons (Fsp3) is 0.538. The molecular weight excluding hydrogens is 184 g/mol. The van der Waals surface area contributed by atoms with Gasteiger partial charge in [0.2, 0.25) is 0 Å². The Balaban J connectivity index is 2.10. The third kappa shape index (κ3) is 2.21. The Kier molecular flexibility index (Phi) is 3.08. The van der Waals surface area contributed by atoms with Crippen molar-refractivity contribution in [3.8, 4) is 0 Å². The number of hydrogen-bond donors (Lipinski definition) is 1. The van der Waals surface area contributed by atoms with Crippen LogP contribution in [0, 0.1) is 6.92 Å².